The lowest BCUT2D eigenvalue weighted by Crippen LogP contribution is -2.28. The molecule has 1 fully saturated rings. The van der Waals surface area contributed by atoms with Gasteiger partial charge in [-0.25, -0.2) is 0 Å². The van der Waals surface area contributed by atoms with Crippen molar-refractivity contribution in [2.45, 2.75) is 71.1 Å². The summed E-state index contributed by atoms with van der Waals surface area (Å²) in [4.78, 5) is 0. The molecule has 2 aromatic carbocycles. The second kappa shape index (κ2) is 14.9. The third-order valence-electron chi connectivity index (χ3n) is 6.33. The predicted molar refractivity (Wildman–Crippen MR) is 138 cm³/mol. The largest absolute Gasteiger partial charge is 0.497 e. The molecule has 1 aliphatic heterocycles. The zero-order valence-corrected chi connectivity index (χ0v) is 21.5. The van der Waals surface area contributed by atoms with Gasteiger partial charge in [-0.1, -0.05) is 62.2 Å². The summed E-state index contributed by atoms with van der Waals surface area (Å²) < 4.78 is 29.2. The summed E-state index contributed by atoms with van der Waals surface area (Å²) in [6.45, 7) is 7.32. The first-order valence-electron chi connectivity index (χ1n) is 12.8. The van der Waals surface area contributed by atoms with Crippen molar-refractivity contribution in [1.29, 1.82) is 0 Å². The van der Waals surface area contributed by atoms with E-state index in [0.29, 0.717) is 39.5 Å². The maximum absolute atomic E-state index is 6.16. The van der Waals surface area contributed by atoms with E-state index >= 15 is 0 Å². The van der Waals surface area contributed by atoms with Crippen LogP contribution >= 0.6 is 0 Å². The van der Waals surface area contributed by atoms with Crippen LogP contribution in [0.25, 0.3) is 0 Å². The third kappa shape index (κ3) is 9.31. The standard InChI is InChI=1S/C30H40O5/c1-4-30(5-2)34-24-29(35-30)15-9-13-26(14-10-20-32-21-25-11-7-6-8-12-25)22-33-23-27-16-18-28(31-3)19-17-27/h6-8,11-12,16-19,26,29H,4-5,10,14-15,20-24H2,1-3H3/t26-,29+/m1/s1. The molecule has 5 nitrogen and oxygen atoms in total. The number of hydrogen-bond donors (Lipinski definition) is 0. The number of methoxy groups -OCH3 is 1. The van der Waals surface area contributed by atoms with Crippen molar-refractivity contribution >= 4 is 0 Å². The lowest BCUT2D eigenvalue weighted by atomic mass is 10.0. The fourth-order valence-corrected chi connectivity index (χ4v) is 4.09. The van der Waals surface area contributed by atoms with Crippen molar-refractivity contribution in [1.82, 2.24) is 0 Å². The zero-order chi connectivity index (χ0) is 24.8. The van der Waals surface area contributed by atoms with E-state index in [-0.39, 0.29) is 12.0 Å². The van der Waals surface area contributed by atoms with Gasteiger partial charge >= 0.3 is 0 Å². The summed E-state index contributed by atoms with van der Waals surface area (Å²) in [7, 11) is 1.67. The summed E-state index contributed by atoms with van der Waals surface area (Å²) in [6.07, 6.45) is 4.31. The van der Waals surface area contributed by atoms with Crippen LogP contribution in [0.15, 0.2) is 54.6 Å². The molecule has 0 N–H and O–H groups in total. The minimum absolute atomic E-state index is 0.0393. The molecule has 3 rings (SSSR count). The zero-order valence-electron chi connectivity index (χ0n) is 21.5. The Morgan fingerprint density at radius 3 is 2.37 bits per heavy atom. The monoisotopic (exact) mass is 480 g/mol. The lowest BCUT2D eigenvalue weighted by molar-refractivity contribution is -0.171. The first-order valence-corrected chi connectivity index (χ1v) is 12.8. The third-order valence-corrected chi connectivity index (χ3v) is 6.33. The minimum Gasteiger partial charge on any atom is -0.497 e. The van der Waals surface area contributed by atoms with E-state index in [1.165, 1.54) is 5.56 Å². The predicted octanol–water partition coefficient (Wildman–Crippen LogP) is 6.15. The van der Waals surface area contributed by atoms with Crippen LogP contribution in [0.3, 0.4) is 0 Å². The maximum Gasteiger partial charge on any atom is 0.168 e. The molecule has 0 unspecified atom stereocenters. The van der Waals surface area contributed by atoms with Gasteiger partial charge in [-0.15, -0.1) is 5.92 Å². The topological polar surface area (TPSA) is 46.2 Å². The highest BCUT2D eigenvalue weighted by molar-refractivity contribution is 5.26. The molecule has 5 heteroatoms. The first-order chi connectivity index (χ1) is 17.2. The molecule has 0 spiro atoms. The molecule has 0 saturated carbocycles. The molecule has 0 radical (unpaired) electrons. The van der Waals surface area contributed by atoms with E-state index in [9.17, 15) is 0 Å². The van der Waals surface area contributed by atoms with Gasteiger partial charge in [0.2, 0.25) is 0 Å². The van der Waals surface area contributed by atoms with Crippen molar-refractivity contribution in [2.24, 2.45) is 5.92 Å². The average Bonchev–Trinajstić information content (AvgIpc) is 3.33. The van der Waals surface area contributed by atoms with E-state index in [1.54, 1.807) is 7.11 Å². The van der Waals surface area contributed by atoms with Crippen LogP contribution < -0.4 is 4.74 Å². The van der Waals surface area contributed by atoms with Crippen molar-refractivity contribution in [2.75, 3.05) is 26.9 Å². The summed E-state index contributed by atoms with van der Waals surface area (Å²) in [6, 6.07) is 18.2. The molecule has 0 bridgehead atoms. The smallest absolute Gasteiger partial charge is 0.168 e. The Morgan fingerprint density at radius 2 is 1.69 bits per heavy atom. The van der Waals surface area contributed by atoms with Gasteiger partial charge in [-0.3, -0.25) is 0 Å². The summed E-state index contributed by atoms with van der Waals surface area (Å²) in [5.74, 6) is 7.36. The summed E-state index contributed by atoms with van der Waals surface area (Å²) >= 11 is 0. The first kappa shape index (κ1) is 27.2. The van der Waals surface area contributed by atoms with E-state index in [0.717, 1.165) is 37.0 Å². The van der Waals surface area contributed by atoms with Crippen LogP contribution in [0, 0.1) is 17.8 Å². The maximum atomic E-state index is 6.16. The number of rotatable bonds is 14. The van der Waals surface area contributed by atoms with Gasteiger partial charge in [0, 0.05) is 18.9 Å². The summed E-state index contributed by atoms with van der Waals surface area (Å²) in [5, 5.41) is 0. The molecule has 0 amide bonds. The van der Waals surface area contributed by atoms with Gasteiger partial charge in [0.25, 0.3) is 0 Å². The molecule has 2 atom stereocenters. The Bertz CT molecular complexity index is 896. The van der Waals surface area contributed by atoms with E-state index in [2.05, 4.69) is 37.8 Å². The van der Waals surface area contributed by atoms with Gasteiger partial charge < -0.3 is 23.7 Å². The van der Waals surface area contributed by atoms with Crippen LogP contribution in [0.4, 0.5) is 0 Å². The van der Waals surface area contributed by atoms with Gasteiger partial charge in [-0.05, 0) is 48.9 Å². The van der Waals surface area contributed by atoms with Crippen molar-refractivity contribution in [3.8, 4) is 17.6 Å². The molecule has 1 aliphatic rings. The van der Waals surface area contributed by atoms with Crippen molar-refractivity contribution in [3.05, 3.63) is 65.7 Å². The van der Waals surface area contributed by atoms with Crippen LogP contribution in [-0.4, -0.2) is 38.8 Å². The highest BCUT2D eigenvalue weighted by atomic mass is 16.7. The number of ether oxygens (including phenoxy) is 5. The fourth-order valence-electron chi connectivity index (χ4n) is 4.09. The molecule has 1 saturated heterocycles. The highest BCUT2D eigenvalue weighted by Gasteiger charge is 2.37. The Kier molecular flexibility index (Phi) is 11.6. The van der Waals surface area contributed by atoms with Gasteiger partial charge in [0.05, 0.1) is 39.6 Å². The molecular weight excluding hydrogens is 440 g/mol. The molecule has 190 valence electrons. The Balaban J connectivity index is 1.46. The second-order valence-electron chi connectivity index (χ2n) is 8.93. The normalized spacial score (nSPS) is 17.5. The van der Waals surface area contributed by atoms with Crippen molar-refractivity contribution < 1.29 is 23.7 Å². The molecule has 35 heavy (non-hydrogen) atoms. The number of benzene rings is 2. The van der Waals surface area contributed by atoms with Gasteiger partial charge in [0.15, 0.2) is 5.79 Å². The summed E-state index contributed by atoms with van der Waals surface area (Å²) in [5.41, 5.74) is 2.32. The van der Waals surface area contributed by atoms with E-state index in [1.807, 2.05) is 42.5 Å². The minimum atomic E-state index is -0.427. The highest BCUT2D eigenvalue weighted by Crippen LogP contribution is 2.31. The Labute approximate surface area is 211 Å². The SMILES string of the molecule is CCC1(CC)OC[C@H](CC#C[C@H](CCCOCc2ccccc2)COCc2ccc(OC)cc2)O1. The van der Waals surface area contributed by atoms with Crippen LogP contribution in [0.1, 0.15) is 57.1 Å². The average molecular weight is 481 g/mol. The molecule has 2 aromatic rings. The van der Waals surface area contributed by atoms with Crippen molar-refractivity contribution in [3.63, 3.8) is 0 Å². The molecular formula is C30H40O5. The fraction of sp³-hybridized carbons (Fsp3) is 0.533. The van der Waals surface area contributed by atoms with Crippen LogP contribution in [0.5, 0.6) is 5.75 Å². The molecule has 0 aliphatic carbocycles. The molecule has 1 heterocycles. The van der Waals surface area contributed by atoms with Gasteiger partial charge in [-0.2, -0.15) is 0 Å². The van der Waals surface area contributed by atoms with Gasteiger partial charge in [0.1, 0.15) is 5.75 Å². The van der Waals surface area contributed by atoms with E-state index in [4.69, 9.17) is 23.7 Å². The van der Waals surface area contributed by atoms with Crippen LogP contribution in [-0.2, 0) is 32.2 Å². The number of hydrogen-bond acceptors (Lipinski definition) is 5. The lowest BCUT2D eigenvalue weighted by Gasteiger charge is -2.24. The Morgan fingerprint density at radius 1 is 0.971 bits per heavy atom. The molecule has 0 aromatic heterocycles. The second-order valence-corrected chi connectivity index (χ2v) is 8.93. The van der Waals surface area contributed by atoms with E-state index < -0.39 is 5.79 Å². The van der Waals surface area contributed by atoms with Crippen LogP contribution in [0.2, 0.25) is 0 Å². The Hall–Kier alpha value is -2.36. The quantitative estimate of drug-likeness (QED) is 0.240.